The molecule has 0 unspecified atom stereocenters. The highest BCUT2D eigenvalue weighted by atomic mass is 32.2. The molecule has 0 heterocycles. The summed E-state index contributed by atoms with van der Waals surface area (Å²) in [5.74, 6) is 1.84. The van der Waals surface area contributed by atoms with Crippen molar-refractivity contribution in [3.8, 4) is 0 Å². The molecule has 0 saturated heterocycles. The van der Waals surface area contributed by atoms with Gasteiger partial charge < -0.3 is 0 Å². The van der Waals surface area contributed by atoms with Gasteiger partial charge in [0.05, 0.1) is 11.5 Å². The molecule has 1 saturated carbocycles. The molecule has 0 aromatic heterocycles. The van der Waals surface area contributed by atoms with E-state index in [2.05, 4.69) is 13.8 Å². The molecule has 0 N–H and O–H groups in total. The second-order valence-corrected chi connectivity index (χ2v) is 6.47. The number of sulfone groups is 1. The fourth-order valence-corrected chi connectivity index (χ4v) is 3.19. The lowest BCUT2D eigenvalue weighted by Crippen LogP contribution is -2.13. The van der Waals surface area contributed by atoms with E-state index < -0.39 is 9.84 Å². The molecule has 0 radical (unpaired) electrons. The third-order valence-corrected chi connectivity index (χ3v) is 4.03. The van der Waals surface area contributed by atoms with Crippen LogP contribution in [0.1, 0.15) is 33.1 Å². The van der Waals surface area contributed by atoms with E-state index in [1.54, 1.807) is 0 Å². The van der Waals surface area contributed by atoms with Crippen molar-refractivity contribution in [1.29, 1.82) is 0 Å². The zero-order valence-corrected chi connectivity index (χ0v) is 8.73. The van der Waals surface area contributed by atoms with Crippen molar-refractivity contribution in [2.24, 2.45) is 11.8 Å². The summed E-state index contributed by atoms with van der Waals surface area (Å²) in [6.45, 7) is 4.12. The largest absolute Gasteiger partial charge is 0.229 e. The highest BCUT2D eigenvalue weighted by Crippen LogP contribution is 2.30. The first-order valence-corrected chi connectivity index (χ1v) is 6.52. The Hall–Kier alpha value is -0.0500. The molecule has 0 aromatic carbocycles. The van der Waals surface area contributed by atoms with Crippen molar-refractivity contribution in [3.63, 3.8) is 0 Å². The lowest BCUT2D eigenvalue weighted by atomic mass is 10.2. The van der Waals surface area contributed by atoms with E-state index in [0.717, 1.165) is 19.3 Å². The molecule has 2 nitrogen and oxygen atoms in total. The Labute approximate surface area is 75.3 Å². The van der Waals surface area contributed by atoms with E-state index in [-0.39, 0.29) is 0 Å². The van der Waals surface area contributed by atoms with Gasteiger partial charge in [-0.15, -0.1) is 0 Å². The Kier molecular flexibility index (Phi) is 3.16. The quantitative estimate of drug-likeness (QED) is 0.663. The van der Waals surface area contributed by atoms with Gasteiger partial charge in [-0.25, -0.2) is 8.42 Å². The van der Waals surface area contributed by atoms with Crippen molar-refractivity contribution in [2.45, 2.75) is 33.1 Å². The standard InChI is InChI=1S/C9H18O2S/c1-8(2)5-6-12(10,11)7-9-3-4-9/h8-9H,3-7H2,1-2H3. The van der Waals surface area contributed by atoms with Crippen LogP contribution in [0.3, 0.4) is 0 Å². The first-order chi connectivity index (χ1) is 5.49. The molecular formula is C9H18O2S. The molecule has 0 atom stereocenters. The predicted molar refractivity (Wildman–Crippen MR) is 50.8 cm³/mol. The van der Waals surface area contributed by atoms with Gasteiger partial charge in [-0.05, 0) is 31.1 Å². The summed E-state index contributed by atoms with van der Waals surface area (Å²) in [5, 5.41) is 0. The molecule has 12 heavy (non-hydrogen) atoms. The lowest BCUT2D eigenvalue weighted by Gasteiger charge is -2.05. The van der Waals surface area contributed by atoms with Gasteiger partial charge in [0, 0.05) is 0 Å². The zero-order valence-electron chi connectivity index (χ0n) is 7.91. The fourth-order valence-electron chi connectivity index (χ4n) is 1.14. The molecule has 1 rings (SSSR count). The van der Waals surface area contributed by atoms with Crippen molar-refractivity contribution < 1.29 is 8.42 Å². The highest BCUT2D eigenvalue weighted by molar-refractivity contribution is 7.91. The van der Waals surface area contributed by atoms with Gasteiger partial charge >= 0.3 is 0 Å². The van der Waals surface area contributed by atoms with Crippen LogP contribution in [0, 0.1) is 11.8 Å². The molecule has 72 valence electrons. The van der Waals surface area contributed by atoms with E-state index in [9.17, 15) is 8.42 Å². The lowest BCUT2D eigenvalue weighted by molar-refractivity contribution is 0.571. The maximum Gasteiger partial charge on any atom is 0.150 e. The van der Waals surface area contributed by atoms with Gasteiger partial charge in [0.25, 0.3) is 0 Å². The van der Waals surface area contributed by atoms with Crippen LogP contribution < -0.4 is 0 Å². The molecule has 1 fully saturated rings. The number of rotatable bonds is 5. The fraction of sp³-hybridized carbons (Fsp3) is 1.00. The zero-order chi connectivity index (χ0) is 9.19. The average Bonchev–Trinajstić information content (AvgIpc) is 2.67. The summed E-state index contributed by atoms with van der Waals surface area (Å²) < 4.78 is 22.8. The Morgan fingerprint density at radius 3 is 2.33 bits per heavy atom. The van der Waals surface area contributed by atoms with E-state index in [4.69, 9.17) is 0 Å². The molecule has 0 amide bonds. The SMILES string of the molecule is CC(C)CCS(=O)(=O)CC1CC1. The average molecular weight is 190 g/mol. The van der Waals surface area contributed by atoms with Gasteiger partial charge in [-0.1, -0.05) is 13.8 Å². The monoisotopic (exact) mass is 190 g/mol. The predicted octanol–water partition coefficient (Wildman–Crippen LogP) is 1.86. The molecule has 1 aliphatic carbocycles. The van der Waals surface area contributed by atoms with Crippen LogP contribution in [0.15, 0.2) is 0 Å². The normalized spacial score (nSPS) is 18.6. The first kappa shape index (κ1) is 10.0. The third kappa shape index (κ3) is 4.10. The summed E-state index contributed by atoms with van der Waals surface area (Å²) in [6, 6.07) is 0. The van der Waals surface area contributed by atoms with Crippen molar-refractivity contribution in [3.05, 3.63) is 0 Å². The first-order valence-electron chi connectivity index (χ1n) is 4.70. The Morgan fingerprint density at radius 1 is 1.33 bits per heavy atom. The van der Waals surface area contributed by atoms with Gasteiger partial charge in [0.2, 0.25) is 0 Å². The van der Waals surface area contributed by atoms with E-state index >= 15 is 0 Å². The summed E-state index contributed by atoms with van der Waals surface area (Å²) in [5.41, 5.74) is 0. The second-order valence-electron chi connectivity index (χ2n) is 4.24. The van der Waals surface area contributed by atoms with Crippen molar-refractivity contribution >= 4 is 9.84 Å². The molecule has 0 aliphatic heterocycles. The van der Waals surface area contributed by atoms with Gasteiger partial charge in [-0.2, -0.15) is 0 Å². The van der Waals surface area contributed by atoms with Crippen LogP contribution in [0.4, 0.5) is 0 Å². The van der Waals surface area contributed by atoms with Crippen LogP contribution in [-0.2, 0) is 9.84 Å². The topological polar surface area (TPSA) is 34.1 Å². The van der Waals surface area contributed by atoms with Gasteiger partial charge in [-0.3, -0.25) is 0 Å². The number of hydrogen-bond donors (Lipinski definition) is 0. The molecule has 0 bridgehead atoms. The molecule has 0 aromatic rings. The summed E-state index contributed by atoms with van der Waals surface area (Å²) in [4.78, 5) is 0. The molecule has 1 aliphatic rings. The Morgan fingerprint density at radius 2 is 1.92 bits per heavy atom. The van der Waals surface area contributed by atoms with Crippen LogP contribution in [0.5, 0.6) is 0 Å². The van der Waals surface area contributed by atoms with Crippen molar-refractivity contribution in [1.82, 2.24) is 0 Å². The van der Waals surface area contributed by atoms with Crippen LogP contribution in [0.25, 0.3) is 0 Å². The summed E-state index contributed by atoms with van der Waals surface area (Å²) in [7, 11) is -2.71. The summed E-state index contributed by atoms with van der Waals surface area (Å²) >= 11 is 0. The Bertz CT molecular complexity index is 225. The van der Waals surface area contributed by atoms with E-state index in [1.807, 2.05) is 0 Å². The molecular weight excluding hydrogens is 172 g/mol. The maximum atomic E-state index is 11.4. The minimum Gasteiger partial charge on any atom is -0.229 e. The maximum absolute atomic E-state index is 11.4. The van der Waals surface area contributed by atoms with Crippen LogP contribution in [0.2, 0.25) is 0 Å². The third-order valence-electron chi connectivity index (χ3n) is 2.19. The van der Waals surface area contributed by atoms with E-state index in [0.29, 0.717) is 23.3 Å². The van der Waals surface area contributed by atoms with Gasteiger partial charge in [0.1, 0.15) is 0 Å². The Balaban J connectivity index is 2.27. The van der Waals surface area contributed by atoms with Gasteiger partial charge in [0.15, 0.2) is 9.84 Å². The second kappa shape index (κ2) is 3.77. The van der Waals surface area contributed by atoms with Crippen LogP contribution in [-0.4, -0.2) is 19.9 Å². The summed E-state index contributed by atoms with van der Waals surface area (Å²) in [6.07, 6.45) is 3.07. The minimum atomic E-state index is -2.71. The minimum absolute atomic E-state index is 0.390. The van der Waals surface area contributed by atoms with E-state index in [1.165, 1.54) is 0 Å². The highest BCUT2D eigenvalue weighted by Gasteiger charge is 2.27. The van der Waals surface area contributed by atoms with Crippen molar-refractivity contribution in [2.75, 3.05) is 11.5 Å². The van der Waals surface area contributed by atoms with Crippen LogP contribution >= 0.6 is 0 Å². The molecule has 3 heteroatoms. The smallest absolute Gasteiger partial charge is 0.150 e. The number of hydrogen-bond acceptors (Lipinski definition) is 2. The molecule has 0 spiro atoms.